The minimum absolute atomic E-state index is 0.0791. The molecule has 1 aliphatic carbocycles. The number of amides is 2. The lowest BCUT2D eigenvalue weighted by Gasteiger charge is -2.23. The molecule has 1 heterocycles. The number of anilines is 4. The van der Waals surface area contributed by atoms with Gasteiger partial charge in [0.1, 0.15) is 0 Å². The molecule has 0 aliphatic heterocycles. The maximum atomic E-state index is 12.6. The average Bonchev–Trinajstić information content (AvgIpc) is 2.94. The normalized spacial score (nSPS) is 13.2. The fourth-order valence-corrected chi connectivity index (χ4v) is 4.60. The van der Waals surface area contributed by atoms with Gasteiger partial charge in [-0.3, -0.25) is 5.32 Å². The molecule has 2 amide bonds. The Labute approximate surface area is 243 Å². The van der Waals surface area contributed by atoms with Crippen molar-refractivity contribution in [1.29, 1.82) is 0 Å². The second kappa shape index (κ2) is 14.5. The molecule has 1 fully saturated rings. The third-order valence-electron chi connectivity index (χ3n) is 6.27. The van der Waals surface area contributed by atoms with Crippen LogP contribution in [0.1, 0.15) is 37.7 Å². The Balaban J connectivity index is 1.39. The zero-order valence-electron chi connectivity index (χ0n) is 22.4. The van der Waals surface area contributed by atoms with Crippen molar-refractivity contribution in [2.24, 2.45) is 0 Å². The summed E-state index contributed by atoms with van der Waals surface area (Å²) in [5, 5.41) is 15.9. The number of aromatic nitrogens is 3. The minimum Gasteiger partial charge on any atom is -0.493 e. The Kier molecular flexibility index (Phi) is 10.5. The average molecular weight is 585 g/mol. The van der Waals surface area contributed by atoms with Gasteiger partial charge in [0.05, 0.1) is 14.2 Å². The lowest BCUT2D eigenvalue weighted by atomic mass is 9.96. The molecule has 0 spiro atoms. The number of nitrogens with one attached hydrogen (secondary N) is 5. The summed E-state index contributed by atoms with van der Waals surface area (Å²) >= 11 is 11.4. The standard InChI is InChI=1S/C27H33ClN8O3S/c1-38-21-13-8-17(16-22(21)39-2)14-15-29-27(40)36-25-33-23(30-19-6-4-3-5-7-19)32-24(34-25)35-26(37)31-20-11-9-18(28)10-12-20/h8-13,16,19H,3-7,14-15H2,1-2H3,(H5,29,30,31,32,33,34,35,36,37,40). The van der Waals surface area contributed by atoms with Crippen LogP contribution >= 0.6 is 23.8 Å². The van der Waals surface area contributed by atoms with Gasteiger partial charge < -0.3 is 30.7 Å². The molecule has 3 aromatic rings. The van der Waals surface area contributed by atoms with E-state index in [0.29, 0.717) is 46.2 Å². The van der Waals surface area contributed by atoms with E-state index in [2.05, 4.69) is 41.5 Å². The van der Waals surface area contributed by atoms with Crippen molar-refractivity contribution in [2.75, 3.05) is 42.0 Å². The van der Waals surface area contributed by atoms with Gasteiger partial charge in [0.2, 0.25) is 17.8 Å². The molecular weight excluding hydrogens is 552 g/mol. The first-order valence-corrected chi connectivity index (χ1v) is 13.8. The fraction of sp³-hybridized carbons (Fsp3) is 0.370. The molecule has 5 N–H and O–H groups in total. The molecule has 4 rings (SSSR count). The molecule has 212 valence electrons. The summed E-state index contributed by atoms with van der Waals surface area (Å²) in [7, 11) is 3.21. The highest BCUT2D eigenvalue weighted by Gasteiger charge is 2.17. The Morgan fingerprint density at radius 3 is 2.27 bits per heavy atom. The van der Waals surface area contributed by atoms with E-state index in [1.54, 1.807) is 38.5 Å². The molecule has 1 aliphatic rings. The Hall–Kier alpha value is -3.90. The van der Waals surface area contributed by atoms with Crippen LogP contribution in [-0.2, 0) is 6.42 Å². The van der Waals surface area contributed by atoms with E-state index < -0.39 is 6.03 Å². The van der Waals surface area contributed by atoms with E-state index in [9.17, 15) is 4.79 Å². The molecule has 0 unspecified atom stereocenters. The number of urea groups is 1. The van der Waals surface area contributed by atoms with Crippen molar-refractivity contribution in [2.45, 2.75) is 44.6 Å². The van der Waals surface area contributed by atoms with E-state index in [4.69, 9.17) is 33.3 Å². The number of hydrogen-bond acceptors (Lipinski definition) is 8. The number of benzene rings is 2. The maximum absolute atomic E-state index is 12.6. The molecule has 0 atom stereocenters. The first-order chi connectivity index (χ1) is 19.4. The van der Waals surface area contributed by atoms with E-state index in [1.165, 1.54) is 6.42 Å². The Morgan fingerprint density at radius 2 is 1.57 bits per heavy atom. The number of hydrogen-bond donors (Lipinski definition) is 5. The highest BCUT2D eigenvalue weighted by molar-refractivity contribution is 7.80. The van der Waals surface area contributed by atoms with Crippen LogP contribution in [0.25, 0.3) is 0 Å². The quantitative estimate of drug-likeness (QED) is 0.195. The second-order valence-electron chi connectivity index (χ2n) is 9.19. The first kappa shape index (κ1) is 29.1. The predicted molar refractivity (Wildman–Crippen MR) is 162 cm³/mol. The van der Waals surface area contributed by atoms with Crippen LogP contribution in [0, 0.1) is 0 Å². The summed E-state index contributed by atoms with van der Waals surface area (Å²) in [6, 6.07) is 12.3. The van der Waals surface area contributed by atoms with Crippen molar-refractivity contribution in [3.8, 4) is 11.5 Å². The van der Waals surface area contributed by atoms with E-state index in [-0.39, 0.29) is 17.9 Å². The van der Waals surface area contributed by atoms with E-state index in [0.717, 1.165) is 31.2 Å². The highest BCUT2D eigenvalue weighted by Crippen LogP contribution is 2.27. The largest absolute Gasteiger partial charge is 0.493 e. The van der Waals surface area contributed by atoms with Crippen LogP contribution in [-0.4, -0.2) is 52.9 Å². The van der Waals surface area contributed by atoms with Crippen molar-refractivity contribution in [3.05, 3.63) is 53.1 Å². The third-order valence-corrected chi connectivity index (χ3v) is 6.77. The van der Waals surface area contributed by atoms with Crippen LogP contribution in [0.5, 0.6) is 11.5 Å². The fourth-order valence-electron chi connectivity index (χ4n) is 4.28. The molecular formula is C27H33ClN8O3S. The van der Waals surface area contributed by atoms with Gasteiger partial charge in [-0.1, -0.05) is 36.9 Å². The van der Waals surface area contributed by atoms with Crippen LogP contribution < -0.4 is 36.1 Å². The van der Waals surface area contributed by atoms with Crippen LogP contribution in [0.15, 0.2) is 42.5 Å². The minimum atomic E-state index is -0.501. The third kappa shape index (κ3) is 8.82. The van der Waals surface area contributed by atoms with Crippen molar-refractivity contribution in [1.82, 2.24) is 20.3 Å². The SMILES string of the molecule is COc1ccc(CCNC(=S)Nc2nc(NC(=O)Nc3ccc(Cl)cc3)nc(NC3CCCCC3)n2)cc1OC. The molecule has 2 aromatic carbocycles. The maximum Gasteiger partial charge on any atom is 0.326 e. The van der Waals surface area contributed by atoms with Crippen LogP contribution in [0.3, 0.4) is 0 Å². The molecule has 13 heteroatoms. The Bertz CT molecular complexity index is 1310. The Morgan fingerprint density at radius 1 is 0.900 bits per heavy atom. The van der Waals surface area contributed by atoms with Gasteiger partial charge in [0.25, 0.3) is 0 Å². The smallest absolute Gasteiger partial charge is 0.326 e. The molecule has 0 radical (unpaired) electrons. The predicted octanol–water partition coefficient (Wildman–Crippen LogP) is 5.46. The zero-order valence-corrected chi connectivity index (χ0v) is 24.0. The summed E-state index contributed by atoms with van der Waals surface area (Å²) in [5.41, 5.74) is 1.64. The molecule has 1 saturated carbocycles. The number of ether oxygens (including phenoxy) is 2. The van der Waals surface area contributed by atoms with Gasteiger partial charge in [0, 0.05) is 23.3 Å². The van der Waals surface area contributed by atoms with Gasteiger partial charge in [-0.15, -0.1) is 0 Å². The van der Waals surface area contributed by atoms with Crippen molar-refractivity contribution >= 4 is 58.5 Å². The van der Waals surface area contributed by atoms with E-state index in [1.807, 2.05) is 18.2 Å². The van der Waals surface area contributed by atoms with Gasteiger partial charge in [-0.05, 0) is 73.4 Å². The molecule has 40 heavy (non-hydrogen) atoms. The first-order valence-electron chi connectivity index (χ1n) is 13.0. The lowest BCUT2D eigenvalue weighted by Crippen LogP contribution is -2.31. The van der Waals surface area contributed by atoms with Gasteiger partial charge in [0.15, 0.2) is 16.6 Å². The van der Waals surface area contributed by atoms with Crippen molar-refractivity contribution < 1.29 is 14.3 Å². The molecule has 1 aromatic heterocycles. The summed E-state index contributed by atoms with van der Waals surface area (Å²) in [6.07, 6.45) is 6.29. The van der Waals surface area contributed by atoms with Crippen LogP contribution in [0.2, 0.25) is 5.02 Å². The number of thiocarbonyl (C=S) groups is 1. The summed E-state index contributed by atoms with van der Waals surface area (Å²) in [5.74, 6) is 1.99. The number of halogens is 1. The second-order valence-corrected chi connectivity index (χ2v) is 10.0. The number of carbonyl (C=O) groups is 1. The number of methoxy groups -OCH3 is 2. The number of carbonyl (C=O) groups excluding carboxylic acids is 1. The van der Waals surface area contributed by atoms with Crippen LogP contribution in [0.4, 0.5) is 28.3 Å². The molecule has 0 bridgehead atoms. The van der Waals surface area contributed by atoms with Gasteiger partial charge >= 0.3 is 6.03 Å². The summed E-state index contributed by atoms with van der Waals surface area (Å²) < 4.78 is 10.7. The monoisotopic (exact) mass is 584 g/mol. The summed E-state index contributed by atoms with van der Waals surface area (Å²) in [6.45, 7) is 0.564. The van der Waals surface area contributed by atoms with Crippen molar-refractivity contribution in [3.63, 3.8) is 0 Å². The number of nitrogens with zero attached hydrogens (tertiary/aromatic N) is 3. The molecule has 0 saturated heterocycles. The van der Waals surface area contributed by atoms with E-state index >= 15 is 0 Å². The zero-order chi connectivity index (χ0) is 28.3. The highest BCUT2D eigenvalue weighted by atomic mass is 35.5. The number of rotatable bonds is 10. The molecule has 11 nitrogen and oxygen atoms in total. The summed E-state index contributed by atoms with van der Waals surface area (Å²) in [4.78, 5) is 25.9. The van der Waals surface area contributed by atoms with Gasteiger partial charge in [-0.25, -0.2) is 4.79 Å². The lowest BCUT2D eigenvalue weighted by molar-refractivity contribution is 0.262. The van der Waals surface area contributed by atoms with Gasteiger partial charge in [-0.2, -0.15) is 15.0 Å². The topological polar surface area (TPSA) is 134 Å².